The number of hydrogen-bond acceptors (Lipinski definition) is 4. The molecule has 0 fully saturated rings. The summed E-state index contributed by atoms with van der Waals surface area (Å²) in [7, 11) is 3.31. The zero-order chi connectivity index (χ0) is 19.5. The number of nitrogens with zero attached hydrogens (tertiary/aromatic N) is 2. The highest BCUT2D eigenvalue weighted by Gasteiger charge is 2.11. The van der Waals surface area contributed by atoms with Crippen molar-refractivity contribution in [3.05, 3.63) is 29.6 Å². The summed E-state index contributed by atoms with van der Waals surface area (Å²) in [5.41, 5.74) is 0.803. The number of aliphatic hydroxyl groups excluding tert-OH is 1. The van der Waals surface area contributed by atoms with E-state index < -0.39 is 11.9 Å². The molecule has 0 radical (unpaired) electrons. The van der Waals surface area contributed by atoms with Gasteiger partial charge < -0.3 is 24.8 Å². The number of rotatable bonds is 10. The molecule has 1 aromatic carbocycles. The summed E-state index contributed by atoms with van der Waals surface area (Å²) in [5, 5.41) is 13.2. The van der Waals surface area contributed by atoms with E-state index in [0.29, 0.717) is 31.6 Å². The SMILES string of the molecule is CCNC(=NCC(O)COCC(C)C)N(C)Cc1ccc(OC)c(F)c1.I. The van der Waals surface area contributed by atoms with Gasteiger partial charge in [-0.2, -0.15) is 0 Å². The minimum atomic E-state index is -0.658. The Bertz CT molecular complexity index is 573. The van der Waals surface area contributed by atoms with Gasteiger partial charge in [-0.3, -0.25) is 4.99 Å². The van der Waals surface area contributed by atoms with Crippen LogP contribution in [0, 0.1) is 11.7 Å². The second kappa shape index (κ2) is 14.0. The summed E-state index contributed by atoms with van der Waals surface area (Å²) < 4.78 is 24.2. The molecule has 2 N–H and O–H groups in total. The van der Waals surface area contributed by atoms with Crippen molar-refractivity contribution in [3.63, 3.8) is 0 Å². The molecule has 1 aromatic rings. The number of methoxy groups -OCH3 is 1. The third-order valence-electron chi connectivity index (χ3n) is 3.55. The summed E-state index contributed by atoms with van der Waals surface area (Å²) >= 11 is 0. The number of nitrogens with one attached hydrogen (secondary N) is 1. The Kier molecular flexibility index (Phi) is 13.4. The number of hydrogen-bond donors (Lipinski definition) is 2. The third-order valence-corrected chi connectivity index (χ3v) is 3.55. The Morgan fingerprint density at radius 2 is 2.04 bits per heavy atom. The fourth-order valence-electron chi connectivity index (χ4n) is 2.31. The monoisotopic (exact) mass is 497 g/mol. The fraction of sp³-hybridized carbons (Fsp3) is 0.632. The molecule has 0 saturated carbocycles. The Morgan fingerprint density at radius 3 is 2.59 bits per heavy atom. The van der Waals surface area contributed by atoms with Crippen molar-refractivity contribution in [3.8, 4) is 5.75 Å². The number of halogens is 2. The van der Waals surface area contributed by atoms with Crippen molar-refractivity contribution < 1.29 is 19.0 Å². The van der Waals surface area contributed by atoms with E-state index in [-0.39, 0.29) is 42.9 Å². The highest BCUT2D eigenvalue weighted by molar-refractivity contribution is 14.0. The molecule has 0 aliphatic carbocycles. The first-order chi connectivity index (χ1) is 12.4. The molecule has 156 valence electrons. The molecule has 0 spiro atoms. The summed E-state index contributed by atoms with van der Waals surface area (Å²) in [4.78, 5) is 6.33. The van der Waals surface area contributed by atoms with E-state index in [1.54, 1.807) is 6.07 Å². The maximum Gasteiger partial charge on any atom is 0.194 e. The molecule has 0 heterocycles. The van der Waals surface area contributed by atoms with Gasteiger partial charge in [0, 0.05) is 26.7 Å². The Hall–Kier alpha value is -1.13. The van der Waals surface area contributed by atoms with Crippen molar-refractivity contribution >= 4 is 29.9 Å². The zero-order valence-corrected chi connectivity index (χ0v) is 19.2. The van der Waals surface area contributed by atoms with Crippen LogP contribution in [0.4, 0.5) is 4.39 Å². The van der Waals surface area contributed by atoms with Crippen LogP contribution < -0.4 is 10.1 Å². The largest absolute Gasteiger partial charge is 0.494 e. The Labute approximate surface area is 179 Å². The van der Waals surface area contributed by atoms with Gasteiger partial charge in [-0.25, -0.2) is 4.39 Å². The highest BCUT2D eigenvalue weighted by atomic mass is 127. The van der Waals surface area contributed by atoms with Gasteiger partial charge in [-0.1, -0.05) is 19.9 Å². The standard InChI is InChI=1S/C19H32FN3O3.HI/c1-6-21-19(22-10-16(24)13-26-12-14(2)3)23(4)11-15-7-8-18(25-5)17(20)9-15;/h7-9,14,16,24H,6,10-13H2,1-5H3,(H,21,22);1H. The predicted octanol–water partition coefficient (Wildman–Crippen LogP) is 2.88. The first-order valence-electron chi connectivity index (χ1n) is 8.95. The van der Waals surface area contributed by atoms with Crippen LogP contribution in [-0.2, 0) is 11.3 Å². The van der Waals surface area contributed by atoms with E-state index in [9.17, 15) is 9.50 Å². The lowest BCUT2D eigenvalue weighted by atomic mass is 10.2. The van der Waals surface area contributed by atoms with Crippen molar-refractivity contribution in [2.24, 2.45) is 10.9 Å². The number of benzene rings is 1. The van der Waals surface area contributed by atoms with Crippen LogP contribution in [0.3, 0.4) is 0 Å². The van der Waals surface area contributed by atoms with E-state index in [4.69, 9.17) is 9.47 Å². The van der Waals surface area contributed by atoms with Crippen molar-refractivity contribution in [1.82, 2.24) is 10.2 Å². The molecule has 1 atom stereocenters. The molecule has 0 aliphatic rings. The lowest BCUT2D eigenvalue weighted by Crippen LogP contribution is -2.39. The van der Waals surface area contributed by atoms with Crippen LogP contribution in [0.5, 0.6) is 5.75 Å². The molecular weight excluding hydrogens is 464 g/mol. The lowest BCUT2D eigenvalue weighted by molar-refractivity contribution is 0.0300. The van der Waals surface area contributed by atoms with Crippen LogP contribution in [0.2, 0.25) is 0 Å². The Morgan fingerprint density at radius 1 is 1.33 bits per heavy atom. The number of aliphatic hydroxyl groups is 1. The average molecular weight is 497 g/mol. The van der Waals surface area contributed by atoms with Gasteiger partial charge >= 0.3 is 0 Å². The van der Waals surface area contributed by atoms with Crippen LogP contribution in [-0.4, -0.2) is 62.5 Å². The number of aliphatic imine (C=N–C) groups is 1. The van der Waals surface area contributed by atoms with Crippen LogP contribution in [0.25, 0.3) is 0 Å². The first-order valence-corrected chi connectivity index (χ1v) is 8.95. The Balaban J connectivity index is 0.00000676. The van der Waals surface area contributed by atoms with Crippen molar-refractivity contribution in [2.75, 3.05) is 40.5 Å². The van der Waals surface area contributed by atoms with E-state index in [0.717, 1.165) is 5.56 Å². The highest BCUT2D eigenvalue weighted by Crippen LogP contribution is 2.18. The molecule has 27 heavy (non-hydrogen) atoms. The lowest BCUT2D eigenvalue weighted by Gasteiger charge is -2.23. The molecule has 1 rings (SSSR count). The molecule has 0 saturated heterocycles. The van der Waals surface area contributed by atoms with E-state index in [1.807, 2.05) is 24.9 Å². The normalized spacial score (nSPS) is 12.5. The molecule has 1 unspecified atom stereocenters. The van der Waals surface area contributed by atoms with Gasteiger partial charge in [0.05, 0.1) is 26.4 Å². The van der Waals surface area contributed by atoms with Crippen LogP contribution >= 0.6 is 24.0 Å². The first kappa shape index (κ1) is 25.9. The summed E-state index contributed by atoms with van der Waals surface area (Å²) in [6.45, 7) is 8.38. The zero-order valence-electron chi connectivity index (χ0n) is 16.9. The molecule has 0 aromatic heterocycles. The van der Waals surface area contributed by atoms with Gasteiger partial charge in [0.2, 0.25) is 0 Å². The minimum Gasteiger partial charge on any atom is -0.494 e. The van der Waals surface area contributed by atoms with Gasteiger partial charge in [0.15, 0.2) is 17.5 Å². The molecule has 6 nitrogen and oxygen atoms in total. The van der Waals surface area contributed by atoms with Crippen LogP contribution in [0.15, 0.2) is 23.2 Å². The molecular formula is C19H33FIN3O3. The van der Waals surface area contributed by atoms with Crippen molar-refractivity contribution in [1.29, 1.82) is 0 Å². The van der Waals surface area contributed by atoms with E-state index in [1.165, 1.54) is 13.2 Å². The van der Waals surface area contributed by atoms with E-state index >= 15 is 0 Å². The topological polar surface area (TPSA) is 66.3 Å². The van der Waals surface area contributed by atoms with Crippen LogP contribution in [0.1, 0.15) is 26.3 Å². The van der Waals surface area contributed by atoms with Gasteiger partial charge in [0.25, 0.3) is 0 Å². The number of ether oxygens (including phenoxy) is 2. The quantitative estimate of drug-likeness (QED) is 0.296. The van der Waals surface area contributed by atoms with Gasteiger partial charge in [0.1, 0.15) is 0 Å². The fourth-order valence-corrected chi connectivity index (χ4v) is 2.31. The summed E-state index contributed by atoms with van der Waals surface area (Å²) in [5.74, 6) is 0.908. The number of guanidine groups is 1. The minimum absolute atomic E-state index is 0. The van der Waals surface area contributed by atoms with Gasteiger partial charge in [-0.15, -0.1) is 24.0 Å². The van der Waals surface area contributed by atoms with Crippen molar-refractivity contribution in [2.45, 2.75) is 33.4 Å². The summed E-state index contributed by atoms with van der Waals surface area (Å²) in [6, 6.07) is 4.88. The van der Waals surface area contributed by atoms with Gasteiger partial charge in [-0.05, 0) is 30.5 Å². The maximum absolute atomic E-state index is 13.8. The molecule has 0 aliphatic heterocycles. The second-order valence-corrected chi connectivity index (χ2v) is 6.60. The maximum atomic E-state index is 13.8. The smallest absolute Gasteiger partial charge is 0.194 e. The van der Waals surface area contributed by atoms with E-state index in [2.05, 4.69) is 24.2 Å². The molecule has 0 bridgehead atoms. The summed E-state index contributed by atoms with van der Waals surface area (Å²) in [6.07, 6.45) is -0.658. The third kappa shape index (κ3) is 10.1. The average Bonchev–Trinajstić information content (AvgIpc) is 2.58. The molecule has 0 amide bonds. The predicted molar refractivity (Wildman–Crippen MR) is 117 cm³/mol. The second-order valence-electron chi connectivity index (χ2n) is 6.60. The molecule has 8 heteroatoms.